The van der Waals surface area contributed by atoms with Gasteiger partial charge in [0.1, 0.15) is 12.7 Å². The zero-order chi connectivity index (χ0) is 21.0. The Balaban J connectivity index is 3.74. The van der Waals surface area contributed by atoms with Crippen LogP contribution < -0.4 is 0 Å². The fourth-order valence-electron chi connectivity index (χ4n) is 3.04. The summed E-state index contributed by atoms with van der Waals surface area (Å²) < 4.78 is 30.0. The monoisotopic (exact) mass is 408 g/mol. The van der Waals surface area contributed by atoms with Gasteiger partial charge in [-0.1, -0.05) is 65.2 Å². The van der Waals surface area contributed by atoms with Crippen molar-refractivity contribution in [1.82, 2.24) is 0 Å². The zero-order valence-corrected chi connectivity index (χ0v) is 18.2. The molecule has 0 amide bonds. The van der Waals surface area contributed by atoms with E-state index < -0.39 is 13.0 Å². The van der Waals surface area contributed by atoms with Gasteiger partial charge in [-0.05, 0) is 39.0 Å². The first-order valence-corrected chi connectivity index (χ1v) is 11.2. The second-order valence-corrected chi connectivity index (χ2v) is 7.65. The van der Waals surface area contributed by atoms with E-state index in [1.54, 1.807) is 0 Å². The summed E-state index contributed by atoms with van der Waals surface area (Å²) in [5, 5.41) is 0. The van der Waals surface area contributed by atoms with Crippen LogP contribution in [0.25, 0.3) is 0 Å². The molecule has 4 nitrogen and oxygen atoms in total. The largest absolute Gasteiger partial charge is 0.372 e. The molecule has 0 aliphatic carbocycles. The minimum absolute atomic E-state index is 0.138. The van der Waals surface area contributed by atoms with Crippen LogP contribution in [-0.4, -0.2) is 31.2 Å². The van der Waals surface area contributed by atoms with E-state index in [1.165, 1.54) is 25.7 Å². The topological polar surface area (TPSA) is 44.8 Å². The van der Waals surface area contributed by atoms with Gasteiger partial charge in [-0.3, -0.25) is 4.89 Å². The number of unbranched alkanes of at least 4 members (excludes halogenated alkanes) is 7. The molecule has 28 heavy (non-hydrogen) atoms. The normalized spacial score (nSPS) is 13.6. The van der Waals surface area contributed by atoms with Crippen molar-refractivity contribution in [2.45, 2.75) is 129 Å². The summed E-state index contributed by atoms with van der Waals surface area (Å²) in [6, 6.07) is 0. The SMILES string of the molecule is CCCCCCCCCC(=O)OOC(C)CCCC(CCCC)OCC(F)F. The quantitative estimate of drug-likeness (QED) is 0.124. The summed E-state index contributed by atoms with van der Waals surface area (Å²) in [6.45, 7) is 5.61. The lowest BCUT2D eigenvalue weighted by Crippen LogP contribution is -2.19. The number of ether oxygens (including phenoxy) is 1. The Kier molecular flexibility index (Phi) is 19.0. The van der Waals surface area contributed by atoms with E-state index in [0.29, 0.717) is 19.3 Å². The van der Waals surface area contributed by atoms with Gasteiger partial charge >= 0.3 is 5.97 Å². The Bertz CT molecular complexity index is 353. The summed E-state index contributed by atoms with van der Waals surface area (Å²) in [5.41, 5.74) is 0. The van der Waals surface area contributed by atoms with Crippen molar-refractivity contribution < 1.29 is 28.1 Å². The molecule has 0 aromatic heterocycles. The molecule has 0 fully saturated rings. The highest BCUT2D eigenvalue weighted by molar-refractivity contribution is 5.68. The van der Waals surface area contributed by atoms with Crippen LogP contribution in [0.3, 0.4) is 0 Å². The van der Waals surface area contributed by atoms with Gasteiger partial charge in [0.05, 0.1) is 6.10 Å². The van der Waals surface area contributed by atoms with Gasteiger partial charge in [-0.25, -0.2) is 13.6 Å². The highest BCUT2D eigenvalue weighted by Gasteiger charge is 2.14. The van der Waals surface area contributed by atoms with E-state index >= 15 is 0 Å². The Morgan fingerprint density at radius 3 is 2.07 bits per heavy atom. The fourth-order valence-corrected chi connectivity index (χ4v) is 3.04. The maximum absolute atomic E-state index is 12.3. The van der Waals surface area contributed by atoms with Crippen LogP contribution in [0.4, 0.5) is 8.78 Å². The number of carbonyl (C=O) groups is 1. The van der Waals surface area contributed by atoms with Crippen LogP contribution in [0.5, 0.6) is 0 Å². The van der Waals surface area contributed by atoms with Gasteiger partial charge in [-0.2, -0.15) is 4.89 Å². The molecule has 0 aromatic carbocycles. The van der Waals surface area contributed by atoms with E-state index in [1.807, 2.05) is 6.92 Å². The van der Waals surface area contributed by atoms with Crippen molar-refractivity contribution >= 4 is 5.97 Å². The average molecular weight is 409 g/mol. The van der Waals surface area contributed by atoms with Crippen molar-refractivity contribution in [3.05, 3.63) is 0 Å². The molecule has 2 unspecified atom stereocenters. The summed E-state index contributed by atoms with van der Waals surface area (Å²) in [4.78, 5) is 21.7. The van der Waals surface area contributed by atoms with Crippen LogP contribution in [0.15, 0.2) is 0 Å². The van der Waals surface area contributed by atoms with Crippen LogP contribution in [0.1, 0.15) is 111 Å². The highest BCUT2D eigenvalue weighted by atomic mass is 19.3. The van der Waals surface area contributed by atoms with E-state index in [4.69, 9.17) is 14.5 Å². The molecule has 2 atom stereocenters. The van der Waals surface area contributed by atoms with Crippen LogP contribution in [0, 0.1) is 0 Å². The van der Waals surface area contributed by atoms with Crippen LogP contribution in [-0.2, 0) is 19.3 Å². The summed E-state index contributed by atoms with van der Waals surface area (Å²) in [7, 11) is 0. The van der Waals surface area contributed by atoms with Crippen LogP contribution in [0.2, 0.25) is 0 Å². The third-order valence-corrected chi connectivity index (χ3v) is 4.76. The molecule has 168 valence electrons. The molecule has 0 heterocycles. The summed E-state index contributed by atoms with van der Waals surface area (Å²) in [5.74, 6) is -0.318. The standard InChI is InChI=1S/C22H42F2O4/c1-4-6-8-9-10-11-12-17-22(25)28-27-19(3)14-13-16-20(15-7-5-2)26-18-21(23)24/h19-21H,4-18H2,1-3H3. The predicted molar refractivity (Wildman–Crippen MR) is 108 cm³/mol. The summed E-state index contributed by atoms with van der Waals surface area (Å²) >= 11 is 0. The lowest BCUT2D eigenvalue weighted by Gasteiger charge is -2.18. The van der Waals surface area contributed by atoms with Crippen molar-refractivity contribution in [2.24, 2.45) is 0 Å². The molecule has 0 saturated carbocycles. The molecule has 0 rings (SSSR count). The van der Waals surface area contributed by atoms with E-state index in [9.17, 15) is 13.6 Å². The van der Waals surface area contributed by atoms with E-state index in [2.05, 4.69) is 13.8 Å². The number of carbonyl (C=O) groups excluding carboxylic acids is 1. The van der Waals surface area contributed by atoms with Gasteiger partial charge in [0.2, 0.25) is 0 Å². The maximum atomic E-state index is 12.3. The first-order chi connectivity index (χ1) is 13.5. The highest BCUT2D eigenvalue weighted by Crippen LogP contribution is 2.16. The van der Waals surface area contributed by atoms with Crippen molar-refractivity contribution in [3.63, 3.8) is 0 Å². The molecule has 0 saturated heterocycles. The molecule has 0 aliphatic rings. The molecule has 6 heteroatoms. The minimum Gasteiger partial charge on any atom is -0.372 e. The van der Waals surface area contributed by atoms with Gasteiger partial charge in [0, 0.05) is 6.42 Å². The first-order valence-electron chi connectivity index (χ1n) is 11.2. The Morgan fingerprint density at radius 2 is 1.43 bits per heavy atom. The zero-order valence-electron chi connectivity index (χ0n) is 18.2. The molecule has 0 N–H and O–H groups in total. The van der Waals surface area contributed by atoms with Crippen LogP contribution >= 0.6 is 0 Å². The first kappa shape index (κ1) is 27.2. The summed E-state index contributed by atoms with van der Waals surface area (Å²) in [6.07, 6.45) is 10.7. The van der Waals surface area contributed by atoms with Gasteiger partial charge in [0.15, 0.2) is 0 Å². The maximum Gasteiger partial charge on any atom is 0.342 e. The van der Waals surface area contributed by atoms with E-state index in [-0.39, 0.29) is 18.2 Å². The lowest BCUT2D eigenvalue weighted by atomic mass is 10.0. The molecule has 0 bridgehead atoms. The number of hydrogen-bond donors (Lipinski definition) is 0. The van der Waals surface area contributed by atoms with Crippen molar-refractivity contribution in [3.8, 4) is 0 Å². The van der Waals surface area contributed by atoms with Gasteiger partial charge in [0.25, 0.3) is 6.43 Å². The number of hydrogen-bond acceptors (Lipinski definition) is 4. The average Bonchev–Trinajstić information content (AvgIpc) is 2.67. The molecule has 0 spiro atoms. The number of halogens is 2. The molecule has 0 aromatic rings. The second-order valence-electron chi connectivity index (χ2n) is 7.65. The third-order valence-electron chi connectivity index (χ3n) is 4.76. The Morgan fingerprint density at radius 1 is 0.821 bits per heavy atom. The molecular weight excluding hydrogens is 366 g/mol. The number of rotatable bonds is 20. The molecular formula is C22H42F2O4. The van der Waals surface area contributed by atoms with Gasteiger partial charge in [-0.15, -0.1) is 0 Å². The van der Waals surface area contributed by atoms with Gasteiger partial charge < -0.3 is 4.74 Å². The minimum atomic E-state index is -2.43. The number of alkyl halides is 2. The second kappa shape index (κ2) is 19.6. The fraction of sp³-hybridized carbons (Fsp3) is 0.955. The van der Waals surface area contributed by atoms with E-state index in [0.717, 1.165) is 44.9 Å². The van der Waals surface area contributed by atoms with Crippen molar-refractivity contribution in [1.29, 1.82) is 0 Å². The Labute approximate surface area is 170 Å². The third kappa shape index (κ3) is 18.6. The lowest BCUT2D eigenvalue weighted by molar-refractivity contribution is -0.295. The van der Waals surface area contributed by atoms with Crippen molar-refractivity contribution in [2.75, 3.05) is 6.61 Å². The Hall–Kier alpha value is -0.750. The smallest absolute Gasteiger partial charge is 0.342 e. The molecule has 0 radical (unpaired) electrons. The molecule has 0 aliphatic heterocycles. The predicted octanol–water partition coefficient (Wildman–Crippen LogP) is 7.00.